The van der Waals surface area contributed by atoms with E-state index in [0.717, 1.165) is 144 Å². The van der Waals surface area contributed by atoms with Crippen molar-refractivity contribution in [3.05, 3.63) is 499 Å². The van der Waals surface area contributed by atoms with Crippen molar-refractivity contribution in [2.24, 2.45) is 0 Å². The van der Waals surface area contributed by atoms with Crippen LogP contribution in [0, 0.1) is 0 Å². The quantitative estimate of drug-likeness (QED) is 0.0928. The lowest BCUT2D eigenvalue weighted by Gasteiger charge is -2.10. The van der Waals surface area contributed by atoms with Gasteiger partial charge in [-0.3, -0.25) is 28.2 Å². The maximum Gasteiger partial charge on any atom is 0.234 e. The number of aromatic nitrogens is 22. The third-order valence-electron chi connectivity index (χ3n) is 26.6. The van der Waals surface area contributed by atoms with E-state index in [0.29, 0.717) is 58.3 Å². The molecule has 16 aromatic heterocycles. The van der Waals surface area contributed by atoms with Gasteiger partial charge in [-0.25, -0.2) is 69.8 Å². The largest absolute Gasteiger partial charge is 0.323 e. The molecule has 22 heteroatoms. The molecular weight excluding hydrogens is 1820 g/mol. The second kappa shape index (κ2) is 38.3. The van der Waals surface area contributed by atoms with E-state index in [1.54, 1.807) is 24.8 Å². The number of para-hydroxylation sites is 6. The molecule has 696 valence electrons. The minimum Gasteiger partial charge on any atom is -0.323 e. The summed E-state index contributed by atoms with van der Waals surface area (Å²) in [5.41, 5.74) is 27.8. The number of hydrogen-bond donors (Lipinski definition) is 0. The van der Waals surface area contributed by atoms with Gasteiger partial charge in [0.15, 0.2) is 23.3 Å². The molecule has 22 nitrogen and oxygen atoms in total. The molecule has 0 unspecified atom stereocenters. The smallest absolute Gasteiger partial charge is 0.234 e. The highest BCUT2D eigenvalue weighted by Crippen LogP contribution is 2.42. The van der Waals surface area contributed by atoms with Gasteiger partial charge in [-0.05, 0) is 143 Å². The Morgan fingerprint density at radius 2 is 0.486 bits per heavy atom. The fraction of sp³-hybridized carbons (Fsp3) is 0. The Labute approximate surface area is 846 Å². The van der Waals surface area contributed by atoms with Crippen LogP contribution in [-0.2, 0) is 0 Å². The van der Waals surface area contributed by atoms with Crippen molar-refractivity contribution < 1.29 is 0 Å². The SMILES string of the molecule is c1ccc(-c2c(-c3cnc(-n4c5ccccc5c5ccccc54)nc3)cn3ccccc23)cc1.c1ccc(-c2ccc3c(c2)c2cc(-c4ccccc4)ccc2n3-c2ncc(-c3cc(-c4ccccn4)nc(-c4ccccc4)n3)cn2)cc1.c1ccc(-c2nc(-c3cnc(-n4c5ccccc5c5ccccc54)nc3)nc(-c3ccccn3)n2)cc1.c1ccc2c(c1)c1ccccc1n2-c1ncc(-c2cn3ccccc3n2)cn1. The van der Waals surface area contributed by atoms with Gasteiger partial charge in [0.05, 0.1) is 78.0 Å². The molecule has 0 radical (unpaired) electrons. The maximum absolute atomic E-state index is 4.94. The number of nitrogens with zero attached hydrogens (tertiary/aromatic N) is 22. The molecule has 0 aliphatic heterocycles. The lowest BCUT2D eigenvalue weighted by molar-refractivity contribution is 0.981. The third kappa shape index (κ3) is 16.6. The second-order valence-electron chi connectivity index (χ2n) is 35.5. The van der Waals surface area contributed by atoms with Crippen LogP contribution in [0.2, 0.25) is 0 Å². The third-order valence-corrected chi connectivity index (χ3v) is 26.6. The summed E-state index contributed by atoms with van der Waals surface area (Å²) in [7, 11) is 0. The molecule has 0 aliphatic carbocycles. The molecule has 29 rings (SSSR count). The Morgan fingerprint density at radius 3 is 0.912 bits per heavy atom. The van der Waals surface area contributed by atoms with Crippen molar-refractivity contribution >= 4 is 98.4 Å². The summed E-state index contributed by atoms with van der Waals surface area (Å²) in [5, 5.41) is 9.42. The summed E-state index contributed by atoms with van der Waals surface area (Å²) in [5.74, 6) is 4.68. The molecule has 0 saturated heterocycles. The molecule has 0 saturated carbocycles. The summed E-state index contributed by atoms with van der Waals surface area (Å²) >= 11 is 0. The van der Waals surface area contributed by atoms with Crippen LogP contribution in [0.1, 0.15) is 0 Å². The highest BCUT2D eigenvalue weighted by molar-refractivity contribution is 6.13. The van der Waals surface area contributed by atoms with Crippen molar-refractivity contribution in [2.75, 3.05) is 0 Å². The number of hydrogen-bond acceptors (Lipinski definition) is 16. The van der Waals surface area contributed by atoms with E-state index in [-0.39, 0.29) is 0 Å². The predicted molar refractivity (Wildman–Crippen MR) is 590 cm³/mol. The molecule has 148 heavy (non-hydrogen) atoms. The summed E-state index contributed by atoms with van der Waals surface area (Å²) < 4.78 is 12.6. The molecule has 0 bridgehead atoms. The number of rotatable bonds is 15. The minimum absolute atomic E-state index is 0.489. The van der Waals surface area contributed by atoms with Crippen LogP contribution in [-0.4, -0.2) is 107 Å². The lowest BCUT2D eigenvalue weighted by atomic mass is 9.99. The minimum atomic E-state index is 0.489. The summed E-state index contributed by atoms with van der Waals surface area (Å²) in [6.45, 7) is 0. The fourth-order valence-corrected chi connectivity index (χ4v) is 19.6. The Balaban J connectivity index is 0.000000102. The number of imidazole rings is 1. The van der Waals surface area contributed by atoms with Crippen molar-refractivity contribution in [3.8, 4) is 148 Å². The van der Waals surface area contributed by atoms with Crippen LogP contribution >= 0.6 is 0 Å². The van der Waals surface area contributed by atoms with E-state index >= 15 is 0 Å². The van der Waals surface area contributed by atoms with E-state index in [2.05, 4.69) is 291 Å². The van der Waals surface area contributed by atoms with E-state index in [9.17, 15) is 0 Å². The first kappa shape index (κ1) is 87.5. The molecule has 0 spiro atoms. The normalized spacial score (nSPS) is 11.4. The van der Waals surface area contributed by atoms with Crippen molar-refractivity contribution in [1.29, 1.82) is 0 Å². The standard InChI is InChI=1S/C43H28N6.C30H19N7.C30H20N4.C23H15N5/c1-4-12-29(13-5-1)32-19-21-40-35(24-32)36-25-33(30-14-6-2-7-15-30)20-22-41(36)49(40)43-45-27-34(28-46-43)38-26-39(37-18-10-11-23-44-37)48-42(47-38)31-16-8-3-9-17-31;1-2-10-20(11-3-1)27-34-28(36-29(35-27)24-14-8-9-17-31-24)21-18-32-30(33-19-21)37-25-15-6-4-12-22(25)23-13-5-7-16-26(23)37;1-2-10-21(11-3-1)29-25(20-33-17-9-8-16-28(29)33)22-18-31-30(32-19-22)34-26-14-6-4-12-23(26)24-13-5-7-15-27(24)34;1-3-9-20-17(7-1)18-8-2-4-10-21(18)28(20)23-24-13-16(14-25-23)19-15-27-12-6-5-11-22(27)26-19/h1-28H;1-19H;1-20H;1-15H. The topological polar surface area (TPSA) is 235 Å². The van der Waals surface area contributed by atoms with Crippen LogP contribution < -0.4 is 0 Å². The van der Waals surface area contributed by atoms with E-state index in [4.69, 9.17) is 54.8 Å². The Morgan fingerprint density at radius 1 is 0.162 bits per heavy atom. The van der Waals surface area contributed by atoms with Gasteiger partial charge >= 0.3 is 0 Å². The number of pyridine rings is 4. The van der Waals surface area contributed by atoms with Gasteiger partial charge in [0, 0.05) is 169 Å². The van der Waals surface area contributed by atoms with E-state index in [1.807, 2.05) is 236 Å². The Hall–Kier alpha value is -20.8. The zero-order valence-corrected chi connectivity index (χ0v) is 79.2. The van der Waals surface area contributed by atoms with Gasteiger partial charge in [0.1, 0.15) is 11.3 Å². The molecule has 0 aliphatic rings. The number of benzene rings is 13. The average molecular weight is 1900 g/mol. The first-order valence-corrected chi connectivity index (χ1v) is 48.5. The first-order chi connectivity index (χ1) is 73.4. The maximum atomic E-state index is 4.94. The van der Waals surface area contributed by atoms with Crippen molar-refractivity contribution in [3.63, 3.8) is 0 Å². The van der Waals surface area contributed by atoms with E-state index < -0.39 is 0 Å². The average Bonchev–Trinajstić information content (AvgIpc) is 1.56. The first-order valence-electron chi connectivity index (χ1n) is 48.5. The molecule has 16 heterocycles. The van der Waals surface area contributed by atoms with E-state index in [1.165, 1.54) is 43.8 Å². The zero-order chi connectivity index (χ0) is 98.2. The van der Waals surface area contributed by atoms with Crippen LogP contribution in [0.15, 0.2) is 499 Å². The van der Waals surface area contributed by atoms with Crippen LogP contribution in [0.25, 0.3) is 246 Å². The van der Waals surface area contributed by atoms with Gasteiger partial charge in [-0.1, -0.05) is 297 Å². The predicted octanol–water partition coefficient (Wildman–Crippen LogP) is 28.3. The highest BCUT2D eigenvalue weighted by Gasteiger charge is 2.25. The summed E-state index contributed by atoms with van der Waals surface area (Å²) in [4.78, 5) is 76.0. The summed E-state index contributed by atoms with van der Waals surface area (Å²) in [6, 6.07) is 140. The molecule has 0 atom stereocenters. The molecule has 29 aromatic rings. The number of fused-ring (bicyclic) bond motifs is 14. The highest BCUT2D eigenvalue weighted by atomic mass is 15.2. The Bertz CT molecular complexity index is 9540. The van der Waals surface area contributed by atoms with Crippen LogP contribution in [0.3, 0.4) is 0 Å². The molecule has 13 aromatic carbocycles. The monoisotopic (exact) mass is 1900 g/mol. The molecule has 0 amide bonds. The van der Waals surface area contributed by atoms with Gasteiger partial charge in [-0.2, -0.15) is 0 Å². The van der Waals surface area contributed by atoms with Crippen LogP contribution in [0.5, 0.6) is 0 Å². The van der Waals surface area contributed by atoms with Gasteiger partial charge in [0.2, 0.25) is 23.8 Å². The Kier molecular flexibility index (Phi) is 22.7. The van der Waals surface area contributed by atoms with Gasteiger partial charge < -0.3 is 8.80 Å². The molecule has 0 fully saturated rings. The lowest BCUT2D eigenvalue weighted by Crippen LogP contribution is -2.03. The van der Waals surface area contributed by atoms with Gasteiger partial charge in [-0.15, -0.1) is 0 Å². The zero-order valence-electron chi connectivity index (χ0n) is 79.2. The van der Waals surface area contributed by atoms with Crippen molar-refractivity contribution in [1.82, 2.24) is 107 Å². The van der Waals surface area contributed by atoms with Crippen molar-refractivity contribution in [2.45, 2.75) is 0 Å². The summed E-state index contributed by atoms with van der Waals surface area (Å²) in [6.07, 6.45) is 26.5. The fourth-order valence-electron chi connectivity index (χ4n) is 19.6. The molecular formula is C126H82N22. The van der Waals surface area contributed by atoms with Gasteiger partial charge in [0.25, 0.3) is 0 Å². The van der Waals surface area contributed by atoms with Crippen LogP contribution in [0.4, 0.5) is 0 Å². The molecule has 0 N–H and O–H groups in total. The second-order valence-corrected chi connectivity index (χ2v) is 35.5.